The lowest BCUT2D eigenvalue weighted by Gasteiger charge is -2.37. The number of carbonyl (C=O) groups is 3. The Labute approximate surface area is 222 Å². The number of alkyl carbamates (subject to hydrolysis) is 1. The molecule has 2 unspecified atom stereocenters. The number of rotatable bonds is 13. The van der Waals surface area contributed by atoms with E-state index < -0.39 is 23.8 Å². The zero-order valence-electron chi connectivity index (χ0n) is 23.7. The second kappa shape index (κ2) is 15.1. The summed E-state index contributed by atoms with van der Waals surface area (Å²) < 4.78 is 5.43. The molecule has 204 valence electrons. The van der Waals surface area contributed by atoms with Gasteiger partial charge in [0.05, 0.1) is 0 Å². The van der Waals surface area contributed by atoms with Crippen molar-refractivity contribution < 1.29 is 19.1 Å². The van der Waals surface area contributed by atoms with Gasteiger partial charge in [-0.1, -0.05) is 43.5 Å². The summed E-state index contributed by atoms with van der Waals surface area (Å²) >= 11 is 1.60. The summed E-state index contributed by atoms with van der Waals surface area (Å²) in [6.07, 6.45) is 4.71. The number of nitrogens with zero attached hydrogens (tertiary/aromatic N) is 1. The fourth-order valence-electron chi connectivity index (χ4n) is 4.04. The quantitative estimate of drug-likeness (QED) is 0.333. The number of amides is 3. The van der Waals surface area contributed by atoms with Crippen LogP contribution < -0.4 is 10.6 Å². The van der Waals surface area contributed by atoms with Crippen LogP contribution in [0, 0.1) is 13.8 Å². The van der Waals surface area contributed by atoms with Crippen molar-refractivity contribution in [2.75, 3.05) is 18.6 Å². The number of hydrogen-bond donors (Lipinski definition) is 2. The molecule has 0 saturated heterocycles. The van der Waals surface area contributed by atoms with Crippen LogP contribution in [0.25, 0.3) is 0 Å². The van der Waals surface area contributed by atoms with Crippen LogP contribution in [0.4, 0.5) is 4.79 Å². The van der Waals surface area contributed by atoms with Crippen molar-refractivity contribution in [1.82, 2.24) is 15.5 Å². The third kappa shape index (κ3) is 10.4. The largest absolute Gasteiger partial charge is 0.444 e. The summed E-state index contributed by atoms with van der Waals surface area (Å²) in [5.41, 5.74) is 2.14. The van der Waals surface area contributed by atoms with Crippen LogP contribution in [0.3, 0.4) is 0 Å². The van der Waals surface area contributed by atoms with E-state index in [1.807, 2.05) is 52.1 Å². The molecule has 1 aromatic rings. The Morgan fingerprint density at radius 3 is 2.31 bits per heavy atom. The molecule has 0 aliphatic rings. The highest BCUT2D eigenvalue weighted by Gasteiger charge is 2.38. The Hall–Kier alpha value is -2.22. The zero-order valence-corrected chi connectivity index (χ0v) is 24.5. The Kier molecular flexibility index (Phi) is 13.4. The van der Waals surface area contributed by atoms with Crippen LogP contribution in [0.5, 0.6) is 0 Å². The molecule has 2 atom stereocenters. The second-order valence-electron chi connectivity index (χ2n) is 10.6. The number of unbranched alkanes of at least 4 members (excludes halogenated alkanes) is 2. The van der Waals surface area contributed by atoms with E-state index in [1.54, 1.807) is 37.4 Å². The van der Waals surface area contributed by atoms with Crippen LogP contribution in [-0.2, 0) is 14.3 Å². The maximum atomic E-state index is 14.0. The maximum Gasteiger partial charge on any atom is 0.408 e. The van der Waals surface area contributed by atoms with Crippen molar-refractivity contribution in [2.45, 2.75) is 105 Å². The van der Waals surface area contributed by atoms with Crippen molar-refractivity contribution in [3.05, 3.63) is 34.9 Å². The van der Waals surface area contributed by atoms with E-state index in [0.29, 0.717) is 18.7 Å². The standard InChI is InChI=1S/C28H47N3O4S/c1-10-11-12-16-29-25(32)24(22-14-13-20(4)18-21(22)5)31(19(2)3)26(33)23(15-17-36-9)30-27(34)35-28(6,7)8/h13-14,18-19,23-24H,10-12,15-17H2,1-9H3,(H,29,32)(H,30,34). The maximum absolute atomic E-state index is 14.0. The number of nitrogens with one attached hydrogen (secondary N) is 2. The van der Waals surface area contributed by atoms with Gasteiger partial charge >= 0.3 is 6.09 Å². The van der Waals surface area contributed by atoms with Crippen molar-refractivity contribution in [2.24, 2.45) is 0 Å². The Balaban J connectivity index is 3.42. The summed E-state index contributed by atoms with van der Waals surface area (Å²) in [4.78, 5) is 41.9. The van der Waals surface area contributed by atoms with Crippen molar-refractivity contribution in [3.63, 3.8) is 0 Å². The molecule has 0 aliphatic carbocycles. The molecule has 2 N–H and O–H groups in total. The lowest BCUT2D eigenvalue weighted by molar-refractivity contribution is -0.144. The smallest absolute Gasteiger partial charge is 0.408 e. The summed E-state index contributed by atoms with van der Waals surface area (Å²) in [5.74, 6) is 0.176. The molecule has 1 aromatic carbocycles. The van der Waals surface area contributed by atoms with Crippen LogP contribution in [-0.4, -0.2) is 59.0 Å². The van der Waals surface area contributed by atoms with Gasteiger partial charge in [0.2, 0.25) is 11.8 Å². The lowest BCUT2D eigenvalue weighted by Crippen LogP contribution is -2.55. The summed E-state index contributed by atoms with van der Waals surface area (Å²) in [6, 6.07) is 4.03. The van der Waals surface area contributed by atoms with Gasteiger partial charge in [0.25, 0.3) is 0 Å². The van der Waals surface area contributed by atoms with E-state index in [2.05, 4.69) is 17.6 Å². The highest BCUT2D eigenvalue weighted by atomic mass is 32.2. The SMILES string of the molecule is CCCCCNC(=O)C(c1ccc(C)cc1C)N(C(=O)C(CCSC)NC(=O)OC(C)(C)C)C(C)C. The highest BCUT2D eigenvalue weighted by Crippen LogP contribution is 2.28. The topological polar surface area (TPSA) is 87.7 Å². The number of aryl methyl sites for hydroxylation is 2. The summed E-state index contributed by atoms with van der Waals surface area (Å²) in [7, 11) is 0. The average molecular weight is 522 g/mol. The molecular formula is C28H47N3O4S. The molecule has 0 aliphatic heterocycles. The molecule has 7 nitrogen and oxygen atoms in total. The third-order valence-corrected chi connectivity index (χ3v) is 6.38. The molecule has 36 heavy (non-hydrogen) atoms. The molecule has 0 bridgehead atoms. The number of ether oxygens (including phenoxy) is 1. The van der Waals surface area contributed by atoms with Gasteiger partial charge in [-0.2, -0.15) is 11.8 Å². The van der Waals surface area contributed by atoms with Gasteiger partial charge in [-0.25, -0.2) is 4.79 Å². The van der Waals surface area contributed by atoms with Crippen molar-refractivity contribution in [1.29, 1.82) is 0 Å². The van der Waals surface area contributed by atoms with E-state index in [9.17, 15) is 14.4 Å². The normalized spacial score (nSPS) is 13.2. The molecule has 0 radical (unpaired) electrons. The number of hydrogen-bond acceptors (Lipinski definition) is 5. The van der Waals surface area contributed by atoms with E-state index in [4.69, 9.17) is 4.74 Å². The summed E-state index contributed by atoms with van der Waals surface area (Å²) in [5, 5.41) is 5.83. The first-order valence-corrected chi connectivity index (χ1v) is 14.4. The molecular weight excluding hydrogens is 474 g/mol. The first-order valence-electron chi connectivity index (χ1n) is 13.0. The number of benzene rings is 1. The van der Waals surface area contributed by atoms with Crippen LogP contribution in [0.2, 0.25) is 0 Å². The fourth-order valence-corrected chi connectivity index (χ4v) is 4.51. The van der Waals surface area contributed by atoms with Gasteiger partial charge in [-0.3, -0.25) is 9.59 Å². The molecule has 0 aromatic heterocycles. The van der Waals surface area contributed by atoms with Gasteiger partial charge < -0.3 is 20.3 Å². The van der Waals surface area contributed by atoms with Crippen LogP contribution >= 0.6 is 11.8 Å². The third-order valence-electron chi connectivity index (χ3n) is 5.74. The predicted octanol–water partition coefficient (Wildman–Crippen LogP) is 5.53. The number of carbonyl (C=O) groups excluding carboxylic acids is 3. The summed E-state index contributed by atoms with van der Waals surface area (Å²) in [6.45, 7) is 15.8. The molecule has 0 heterocycles. The fraction of sp³-hybridized carbons (Fsp3) is 0.679. The first-order chi connectivity index (χ1) is 16.8. The zero-order chi connectivity index (χ0) is 27.5. The predicted molar refractivity (Wildman–Crippen MR) is 149 cm³/mol. The average Bonchev–Trinajstić information content (AvgIpc) is 2.76. The van der Waals surface area contributed by atoms with Crippen LogP contribution in [0.1, 0.15) is 90.0 Å². The number of thioether (sulfide) groups is 1. The molecule has 0 fully saturated rings. The second-order valence-corrected chi connectivity index (χ2v) is 11.6. The van der Waals surface area contributed by atoms with E-state index >= 15 is 0 Å². The van der Waals surface area contributed by atoms with Crippen molar-refractivity contribution in [3.8, 4) is 0 Å². The Bertz CT molecular complexity index is 867. The van der Waals surface area contributed by atoms with Gasteiger partial charge in [0.15, 0.2) is 0 Å². The van der Waals surface area contributed by atoms with Gasteiger partial charge in [-0.05, 0) is 84.4 Å². The van der Waals surface area contributed by atoms with E-state index in [0.717, 1.165) is 36.0 Å². The first kappa shape index (κ1) is 31.8. The highest BCUT2D eigenvalue weighted by molar-refractivity contribution is 7.98. The minimum absolute atomic E-state index is 0.207. The monoisotopic (exact) mass is 521 g/mol. The minimum atomic E-state index is -0.809. The Morgan fingerprint density at radius 2 is 1.78 bits per heavy atom. The van der Waals surface area contributed by atoms with Gasteiger partial charge in [0, 0.05) is 12.6 Å². The lowest BCUT2D eigenvalue weighted by atomic mass is 9.95. The molecule has 0 saturated carbocycles. The Morgan fingerprint density at radius 1 is 1.11 bits per heavy atom. The molecule has 3 amide bonds. The molecule has 1 rings (SSSR count). The van der Waals surface area contributed by atoms with E-state index in [-0.39, 0.29) is 17.9 Å². The molecule has 0 spiro atoms. The van der Waals surface area contributed by atoms with Crippen molar-refractivity contribution >= 4 is 29.7 Å². The van der Waals surface area contributed by atoms with Gasteiger partial charge in [0.1, 0.15) is 17.7 Å². The van der Waals surface area contributed by atoms with Crippen LogP contribution in [0.15, 0.2) is 18.2 Å². The van der Waals surface area contributed by atoms with E-state index in [1.165, 1.54) is 0 Å². The molecule has 8 heteroatoms. The van der Waals surface area contributed by atoms with Gasteiger partial charge in [-0.15, -0.1) is 0 Å². The minimum Gasteiger partial charge on any atom is -0.444 e.